The largest absolute Gasteiger partial charge is 0.331 e. The molecule has 0 aliphatic carbocycles. The van der Waals surface area contributed by atoms with Crippen molar-refractivity contribution >= 4 is 35.0 Å². The smallest absolute Gasteiger partial charge is 0.166 e. The molecule has 0 fully saturated rings. The van der Waals surface area contributed by atoms with Crippen molar-refractivity contribution < 1.29 is 21.1 Å². The van der Waals surface area contributed by atoms with Gasteiger partial charge in [-0.15, -0.1) is 0 Å². The molecule has 6 heteroatoms. The Balaban J connectivity index is 0.00000225. The second kappa shape index (κ2) is 8.85. The van der Waals surface area contributed by atoms with Gasteiger partial charge in [0.25, 0.3) is 0 Å². The molecule has 0 bridgehead atoms. The fourth-order valence-electron chi connectivity index (χ4n) is 1.49. The van der Waals surface area contributed by atoms with Gasteiger partial charge in [-0.3, -0.25) is 0 Å². The molecule has 96 valence electrons. The van der Waals surface area contributed by atoms with E-state index in [1.807, 2.05) is 11.8 Å². The van der Waals surface area contributed by atoms with Crippen LogP contribution in [-0.4, -0.2) is 22.0 Å². The van der Waals surface area contributed by atoms with Crippen LogP contribution < -0.4 is 0 Å². The van der Waals surface area contributed by atoms with E-state index < -0.39 is 0 Å². The van der Waals surface area contributed by atoms with Gasteiger partial charge in [0, 0.05) is 32.7 Å². The molecule has 0 spiro atoms. The summed E-state index contributed by atoms with van der Waals surface area (Å²) in [6.07, 6.45) is 5.65. The maximum atomic E-state index is 5.85. The molecule has 1 aromatic rings. The number of H-pyrrole nitrogens is 1. The zero-order valence-electron chi connectivity index (χ0n) is 9.33. The predicted octanol–water partition coefficient (Wildman–Crippen LogP) is 4.35. The first-order chi connectivity index (χ1) is 7.19. The molecular formula is C10H16Cl2N2PtS. The van der Waals surface area contributed by atoms with Crippen LogP contribution >= 0.6 is 35.0 Å². The Morgan fingerprint density at radius 1 is 1.44 bits per heavy atom. The summed E-state index contributed by atoms with van der Waals surface area (Å²) in [5, 5.41) is 0.837. The number of aromatic amines is 1. The summed E-state index contributed by atoms with van der Waals surface area (Å²) in [5.41, 5.74) is 0. The van der Waals surface area contributed by atoms with Gasteiger partial charge >= 0.3 is 0 Å². The van der Waals surface area contributed by atoms with Crippen molar-refractivity contribution in [2.45, 2.75) is 32.1 Å². The first-order valence-corrected chi connectivity index (χ1v) is 7.23. The summed E-state index contributed by atoms with van der Waals surface area (Å²) in [5.74, 6) is 2.41. The molecule has 1 unspecified atom stereocenters. The Kier molecular flexibility index (Phi) is 9.31. The topological polar surface area (TPSA) is 28.7 Å². The molecule has 0 aliphatic rings. The van der Waals surface area contributed by atoms with Crippen molar-refractivity contribution in [2.75, 3.05) is 12.0 Å². The molecule has 0 aliphatic heterocycles. The Labute approximate surface area is 126 Å². The fourth-order valence-corrected chi connectivity index (χ4v) is 2.50. The summed E-state index contributed by atoms with van der Waals surface area (Å²) in [6, 6.07) is 0. The molecule has 1 heterocycles. The molecular weight excluding hydrogens is 446 g/mol. The SMILES string of the molecule is CCCCC(CSC)c1nc(Cl)c(Cl)[nH]1.[Pt]. The molecule has 1 rings (SSSR count). The van der Waals surface area contributed by atoms with Gasteiger partial charge < -0.3 is 4.98 Å². The maximum absolute atomic E-state index is 5.85. The maximum Gasteiger partial charge on any atom is 0.166 e. The van der Waals surface area contributed by atoms with Crippen LogP contribution in [0.5, 0.6) is 0 Å². The van der Waals surface area contributed by atoms with Crippen LogP contribution in [0, 0.1) is 0 Å². The average Bonchev–Trinajstić information content (AvgIpc) is 2.54. The predicted molar refractivity (Wildman–Crippen MR) is 69.3 cm³/mol. The van der Waals surface area contributed by atoms with E-state index in [4.69, 9.17) is 23.2 Å². The monoisotopic (exact) mass is 461 g/mol. The Bertz CT molecular complexity index is 288. The first-order valence-electron chi connectivity index (χ1n) is 5.08. The van der Waals surface area contributed by atoms with Crippen LogP contribution in [0.1, 0.15) is 37.9 Å². The molecule has 2 nitrogen and oxygen atoms in total. The first kappa shape index (κ1) is 16.8. The van der Waals surface area contributed by atoms with Gasteiger partial charge in [-0.1, -0.05) is 43.0 Å². The summed E-state index contributed by atoms with van der Waals surface area (Å²) in [4.78, 5) is 7.29. The summed E-state index contributed by atoms with van der Waals surface area (Å²) >= 11 is 13.5. The summed E-state index contributed by atoms with van der Waals surface area (Å²) in [6.45, 7) is 2.19. The quantitative estimate of drug-likeness (QED) is 0.681. The standard InChI is InChI=1S/C10H16Cl2N2S.Pt/c1-3-4-5-7(6-15-2)10-13-8(11)9(12)14-10;/h7H,3-6H2,1-2H3,(H,13,14);. The molecule has 0 radical (unpaired) electrons. The van der Waals surface area contributed by atoms with E-state index in [0.29, 0.717) is 16.2 Å². The van der Waals surface area contributed by atoms with Crippen LogP contribution in [0.2, 0.25) is 10.3 Å². The van der Waals surface area contributed by atoms with Crippen LogP contribution in [0.4, 0.5) is 0 Å². The number of halogens is 2. The molecule has 1 atom stereocenters. The van der Waals surface area contributed by atoms with E-state index in [1.54, 1.807) is 0 Å². The van der Waals surface area contributed by atoms with Crippen LogP contribution in [0.15, 0.2) is 0 Å². The second-order valence-electron chi connectivity index (χ2n) is 3.52. The van der Waals surface area contributed by atoms with E-state index in [-0.39, 0.29) is 21.1 Å². The van der Waals surface area contributed by atoms with E-state index in [0.717, 1.165) is 18.0 Å². The summed E-state index contributed by atoms with van der Waals surface area (Å²) < 4.78 is 0. The zero-order chi connectivity index (χ0) is 11.3. The van der Waals surface area contributed by atoms with Gasteiger partial charge in [0.05, 0.1) is 0 Å². The molecule has 0 amide bonds. The van der Waals surface area contributed by atoms with E-state index in [9.17, 15) is 0 Å². The number of rotatable bonds is 6. The number of hydrogen-bond acceptors (Lipinski definition) is 2. The molecule has 16 heavy (non-hydrogen) atoms. The van der Waals surface area contributed by atoms with Crippen LogP contribution in [-0.2, 0) is 21.1 Å². The zero-order valence-corrected chi connectivity index (χ0v) is 13.9. The van der Waals surface area contributed by atoms with Crippen molar-refractivity contribution in [1.82, 2.24) is 9.97 Å². The van der Waals surface area contributed by atoms with Gasteiger partial charge in [0.1, 0.15) is 11.0 Å². The number of unbranched alkanes of at least 4 members (excludes halogenated alkanes) is 1. The average molecular weight is 462 g/mol. The van der Waals surface area contributed by atoms with Crippen LogP contribution in [0.3, 0.4) is 0 Å². The van der Waals surface area contributed by atoms with Crippen LogP contribution in [0.25, 0.3) is 0 Å². The van der Waals surface area contributed by atoms with Crippen molar-refractivity contribution in [3.8, 4) is 0 Å². The van der Waals surface area contributed by atoms with Gasteiger partial charge in [-0.05, 0) is 12.7 Å². The van der Waals surface area contributed by atoms with Crippen molar-refractivity contribution in [3.63, 3.8) is 0 Å². The third-order valence-electron chi connectivity index (χ3n) is 2.30. The third-order valence-corrected chi connectivity index (χ3v) is 3.68. The van der Waals surface area contributed by atoms with Gasteiger partial charge in [0.2, 0.25) is 0 Å². The number of nitrogens with one attached hydrogen (secondary N) is 1. The minimum Gasteiger partial charge on any atom is -0.331 e. The molecule has 0 saturated carbocycles. The molecule has 0 aromatic carbocycles. The van der Waals surface area contributed by atoms with Crippen molar-refractivity contribution in [3.05, 3.63) is 16.1 Å². The number of imidazole rings is 1. The van der Waals surface area contributed by atoms with Gasteiger partial charge in [-0.25, -0.2) is 4.98 Å². The van der Waals surface area contributed by atoms with E-state index >= 15 is 0 Å². The number of aromatic nitrogens is 2. The number of thioether (sulfide) groups is 1. The number of hydrogen-bond donors (Lipinski definition) is 1. The van der Waals surface area contributed by atoms with Gasteiger partial charge in [-0.2, -0.15) is 11.8 Å². The van der Waals surface area contributed by atoms with Crippen molar-refractivity contribution in [1.29, 1.82) is 0 Å². The minimum absolute atomic E-state index is 0. The fraction of sp³-hybridized carbons (Fsp3) is 0.700. The molecule has 1 aromatic heterocycles. The minimum atomic E-state index is 0. The van der Waals surface area contributed by atoms with Crippen molar-refractivity contribution in [2.24, 2.45) is 0 Å². The Morgan fingerprint density at radius 2 is 2.12 bits per heavy atom. The molecule has 0 saturated heterocycles. The normalized spacial score (nSPS) is 12.2. The summed E-state index contributed by atoms with van der Waals surface area (Å²) in [7, 11) is 0. The van der Waals surface area contributed by atoms with Gasteiger partial charge in [0.15, 0.2) is 5.15 Å². The number of nitrogens with zero attached hydrogens (tertiary/aromatic N) is 1. The van der Waals surface area contributed by atoms with E-state index in [2.05, 4.69) is 23.1 Å². The van der Waals surface area contributed by atoms with E-state index in [1.165, 1.54) is 12.8 Å². The Morgan fingerprint density at radius 3 is 2.56 bits per heavy atom. The third kappa shape index (κ3) is 4.99. The molecule has 1 N–H and O–H groups in total. The Hall–Kier alpha value is 0.828. The second-order valence-corrected chi connectivity index (χ2v) is 5.17.